The molecule has 1 amide bonds. The van der Waals surface area contributed by atoms with E-state index in [1.54, 1.807) is 11.8 Å². The van der Waals surface area contributed by atoms with Gasteiger partial charge >= 0.3 is 6.09 Å². The number of rotatable bonds is 10. The lowest BCUT2D eigenvalue weighted by molar-refractivity contribution is -0.105. The van der Waals surface area contributed by atoms with E-state index in [1.807, 2.05) is 0 Å². The second-order valence-electron chi connectivity index (χ2n) is 4.58. The second-order valence-corrected chi connectivity index (χ2v) is 5.73. The third kappa shape index (κ3) is 8.40. The third-order valence-electron chi connectivity index (χ3n) is 2.98. The molecular formula is C16H23NO3S. The van der Waals surface area contributed by atoms with Gasteiger partial charge in [-0.2, -0.15) is 11.8 Å². The first-order valence-corrected chi connectivity index (χ1v) is 8.41. The fourth-order valence-corrected chi connectivity index (χ4v) is 2.36. The third-order valence-corrected chi connectivity index (χ3v) is 3.92. The molecule has 116 valence electrons. The van der Waals surface area contributed by atoms with Gasteiger partial charge in [0.15, 0.2) is 0 Å². The van der Waals surface area contributed by atoms with Crippen molar-refractivity contribution >= 4 is 24.1 Å². The van der Waals surface area contributed by atoms with Crippen molar-refractivity contribution in [2.75, 3.05) is 24.7 Å². The summed E-state index contributed by atoms with van der Waals surface area (Å²) in [5, 5.41) is 2.70. The number of alkyl carbamates (subject to hydrolysis) is 1. The highest BCUT2D eigenvalue weighted by Gasteiger charge is 2.01. The summed E-state index contributed by atoms with van der Waals surface area (Å²) in [5.41, 5.74) is 2.48. The van der Waals surface area contributed by atoms with Crippen LogP contribution in [0.3, 0.4) is 0 Å². The minimum absolute atomic E-state index is 0.374. The molecule has 0 saturated carbocycles. The van der Waals surface area contributed by atoms with Gasteiger partial charge in [-0.1, -0.05) is 31.2 Å². The van der Waals surface area contributed by atoms with Crippen LogP contribution in [0.4, 0.5) is 4.79 Å². The number of aryl methyl sites for hydroxylation is 1. The molecule has 0 unspecified atom stereocenters. The molecule has 21 heavy (non-hydrogen) atoms. The van der Waals surface area contributed by atoms with Crippen molar-refractivity contribution in [3.63, 3.8) is 0 Å². The lowest BCUT2D eigenvalue weighted by Gasteiger charge is -2.07. The molecule has 0 atom stereocenters. The van der Waals surface area contributed by atoms with Gasteiger partial charge in [0.05, 0.1) is 6.61 Å². The van der Waals surface area contributed by atoms with E-state index in [0.29, 0.717) is 18.9 Å². The molecule has 0 aliphatic heterocycles. The quantitative estimate of drug-likeness (QED) is 0.533. The molecule has 0 aliphatic rings. The Morgan fingerprint density at radius 3 is 2.67 bits per heavy atom. The maximum atomic E-state index is 11.4. The number of aldehydes is 1. The van der Waals surface area contributed by atoms with Crippen LogP contribution in [0.25, 0.3) is 0 Å². The van der Waals surface area contributed by atoms with Gasteiger partial charge in [0.25, 0.3) is 0 Å². The molecule has 0 fully saturated rings. The minimum atomic E-state index is -0.374. The van der Waals surface area contributed by atoms with Gasteiger partial charge in [0.2, 0.25) is 0 Å². The van der Waals surface area contributed by atoms with Gasteiger partial charge in [0.1, 0.15) is 6.29 Å². The maximum absolute atomic E-state index is 11.4. The molecule has 1 rings (SSSR count). The number of carbonyl (C=O) groups is 2. The SMILES string of the molecule is CCc1ccc(CCOC(=O)NCCCSCC=O)cc1. The van der Waals surface area contributed by atoms with E-state index >= 15 is 0 Å². The molecule has 0 saturated heterocycles. The van der Waals surface area contributed by atoms with Crippen molar-refractivity contribution in [3.05, 3.63) is 35.4 Å². The van der Waals surface area contributed by atoms with Crippen LogP contribution in [0, 0.1) is 0 Å². The number of benzene rings is 1. The normalized spacial score (nSPS) is 10.1. The number of thioether (sulfide) groups is 1. The van der Waals surface area contributed by atoms with Crippen LogP contribution in [-0.4, -0.2) is 37.0 Å². The number of hydrogen-bond donors (Lipinski definition) is 1. The Morgan fingerprint density at radius 1 is 1.29 bits per heavy atom. The van der Waals surface area contributed by atoms with Crippen LogP contribution < -0.4 is 5.32 Å². The van der Waals surface area contributed by atoms with Gasteiger partial charge < -0.3 is 14.8 Å². The Labute approximate surface area is 130 Å². The zero-order chi connectivity index (χ0) is 15.3. The molecule has 0 aromatic heterocycles. The van der Waals surface area contributed by atoms with Crippen molar-refractivity contribution in [3.8, 4) is 0 Å². The predicted octanol–water partition coefficient (Wildman–Crippen LogP) is 2.84. The van der Waals surface area contributed by atoms with Gasteiger partial charge in [0, 0.05) is 18.7 Å². The molecule has 4 nitrogen and oxygen atoms in total. The van der Waals surface area contributed by atoms with Crippen LogP contribution in [0.1, 0.15) is 24.5 Å². The number of nitrogens with one attached hydrogen (secondary N) is 1. The van der Waals surface area contributed by atoms with Crippen LogP contribution in [-0.2, 0) is 22.4 Å². The van der Waals surface area contributed by atoms with Crippen molar-refractivity contribution < 1.29 is 14.3 Å². The monoisotopic (exact) mass is 309 g/mol. The highest BCUT2D eigenvalue weighted by Crippen LogP contribution is 2.06. The summed E-state index contributed by atoms with van der Waals surface area (Å²) in [6.07, 6.45) is 3.11. The van der Waals surface area contributed by atoms with E-state index in [1.165, 1.54) is 11.1 Å². The van der Waals surface area contributed by atoms with Crippen molar-refractivity contribution in [1.29, 1.82) is 0 Å². The van der Waals surface area contributed by atoms with Crippen molar-refractivity contribution in [2.45, 2.75) is 26.2 Å². The summed E-state index contributed by atoms with van der Waals surface area (Å²) in [6, 6.07) is 8.35. The molecule has 0 spiro atoms. The molecule has 0 heterocycles. The lowest BCUT2D eigenvalue weighted by Crippen LogP contribution is -2.26. The average Bonchev–Trinajstić information content (AvgIpc) is 2.51. The van der Waals surface area contributed by atoms with E-state index in [0.717, 1.165) is 31.3 Å². The summed E-state index contributed by atoms with van der Waals surface area (Å²) in [4.78, 5) is 21.5. The van der Waals surface area contributed by atoms with Crippen LogP contribution >= 0.6 is 11.8 Å². The number of carbonyl (C=O) groups excluding carboxylic acids is 2. The number of hydrogen-bond acceptors (Lipinski definition) is 4. The Balaban J connectivity index is 2.05. The van der Waals surface area contributed by atoms with Gasteiger partial charge in [-0.25, -0.2) is 4.79 Å². The Hall–Kier alpha value is -1.49. The Morgan fingerprint density at radius 2 is 2.00 bits per heavy atom. The summed E-state index contributed by atoms with van der Waals surface area (Å²) < 4.78 is 5.12. The largest absolute Gasteiger partial charge is 0.449 e. The van der Waals surface area contributed by atoms with Gasteiger partial charge in [-0.05, 0) is 29.7 Å². The standard InChI is InChI=1S/C16H23NO3S/c1-2-14-4-6-15(7-5-14)8-11-20-16(19)17-9-3-12-21-13-10-18/h4-7,10H,2-3,8-9,11-13H2,1H3,(H,17,19). The average molecular weight is 309 g/mol. The highest BCUT2D eigenvalue weighted by atomic mass is 32.2. The second kappa shape index (κ2) is 11.2. The van der Waals surface area contributed by atoms with E-state index in [2.05, 4.69) is 36.5 Å². The van der Waals surface area contributed by atoms with Gasteiger partial charge in [-0.3, -0.25) is 0 Å². The molecule has 1 N–H and O–H groups in total. The van der Waals surface area contributed by atoms with E-state index in [9.17, 15) is 9.59 Å². The zero-order valence-electron chi connectivity index (χ0n) is 12.5. The minimum Gasteiger partial charge on any atom is -0.449 e. The highest BCUT2D eigenvalue weighted by molar-refractivity contribution is 7.99. The first-order valence-electron chi connectivity index (χ1n) is 7.26. The fourth-order valence-electron chi connectivity index (χ4n) is 1.75. The maximum Gasteiger partial charge on any atom is 0.407 e. The van der Waals surface area contributed by atoms with E-state index < -0.39 is 0 Å². The molecular weight excluding hydrogens is 286 g/mol. The van der Waals surface area contributed by atoms with E-state index in [4.69, 9.17) is 4.74 Å². The van der Waals surface area contributed by atoms with Crippen molar-refractivity contribution in [2.24, 2.45) is 0 Å². The summed E-state index contributed by atoms with van der Waals surface area (Å²) in [5.74, 6) is 1.38. The topological polar surface area (TPSA) is 55.4 Å². The first-order chi connectivity index (χ1) is 10.3. The van der Waals surface area contributed by atoms with Gasteiger partial charge in [-0.15, -0.1) is 0 Å². The van der Waals surface area contributed by atoms with Crippen LogP contribution in [0.2, 0.25) is 0 Å². The molecule has 1 aromatic rings. The first kappa shape index (κ1) is 17.6. The zero-order valence-corrected chi connectivity index (χ0v) is 13.3. The molecule has 0 aliphatic carbocycles. The summed E-state index contributed by atoms with van der Waals surface area (Å²) in [7, 11) is 0. The molecule has 0 bridgehead atoms. The molecule has 1 aromatic carbocycles. The Kier molecular flexibility index (Phi) is 9.37. The van der Waals surface area contributed by atoms with E-state index in [-0.39, 0.29) is 6.09 Å². The molecule has 0 radical (unpaired) electrons. The lowest BCUT2D eigenvalue weighted by atomic mass is 10.1. The summed E-state index contributed by atoms with van der Waals surface area (Å²) >= 11 is 1.56. The predicted molar refractivity (Wildman–Crippen MR) is 86.9 cm³/mol. The van der Waals surface area contributed by atoms with Crippen LogP contribution in [0.15, 0.2) is 24.3 Å². The number of amides is 1. The summed E-state index contributed by atoms with van der Waals surface area (Å²) in [6.45, 7) is 3.09. The van der Waals surface area contributed by atoms with Crippen molar-refractivity contribution in [1.82, 2.24) is 5.32 Å². The number of ether oxygens (including phenoxy) is 1. The van der Waals surface area contributed by atoms with Crippen LogP contribution in [0.5, 0.6) is 0 Å². The smallest absolute Gasteiger partial charge is 0.407 e. The Bertz CT molecular complexity index is 420. The molecule has 5 heteroatoms. The fraction of sp³-hybridized carbons (Fsp3) is 0.500.